The van der Waals surface area contributed by atoms with E-state index in [4.69, 9.17) is 9.47 Å². The van der Waals surface area contributed by atoms with Crippen molar-refractivity contribution in [2.75, 3.05) is 33.6 Å². The van der Waals surface area contributed by atoms with Crippen molar-refractivity contribution in [1.29, 1.82) is 0 Å². The lowest BCUT2D eigenvalue weighted by molar-refractivity contribution is -0.111. The third-order valence-corrected chi connectivity index (χ3v) is 5.11. The van der Waals surface area contributed by atoms with E-state index in [1.54, 1.807) is 46.3 Å². The Balaban J connectivity index is 2.26. The summed E-state index contributed by atoms with van der Waals surface area (Å²) in [6, 6.07) is 7.20. The van der Waals surface area contributed by atoms with Crippen LogP contribution in [-0.4, -0.2) is 51.0 Å². The standard InChI is InChI=1S/C20H22N2O5S/c1-12-16(20(25)27-5)18(28-17(12)19(24)22(2)3)21-15(23)11-8-13-6-9-14(26-4)10-7-13/h6-11H,1-5H3,(H,21,23)/b11-8+. The number of nitrogens with one attached hydrogen (secondary N) is 1. The van der Waals surface area contributed by atoms with Gasteiger partial charge in [-0.15, -0.1) is 11.3 Å². The van der Waals surface area contributed by atoms with Crippen LogP contribution in [0.5, 0.6) is 5.75 Å². The maximum absolute atomic E-state index is 12.3. The van der Waals surface area contributed by atoms with Crippen LogP contribution in [-0.2, 0) is 9.53 Å². The molecular formula is C20H22N2O5S. The number of rotatable bonds is 6. The number of anilines is 1. The Morgan fingerprint density at radius 1 is 1.11 bits per heavy atom. The largest absolute Gasteiger partial charge is 0.497 e. The summed E-state index contributed by atoms with van der Waals surface area (Å²) in [4.78, 5) is 38.6. The summed E-state index contributed by atoms with van der Waals surface area (Å²) in [5.41, 5.74) is 1.48. The number of nitrogens with zero attached hydrogens (tertiary/aromatic N) is 1. The minimum atomic E-state index is -0.610. The zero-order valence-electron chi connectivity index (χ0n) is 16.4. The van der Waals surface area contributed by atoms with Crippen LogP contribution in [0.2, 0.25) is 0 Å². The van der Waals surface area contributed by atoms with Crippen LogP contribution in [0, 0.1) is 6.92 Å². The van der Waals surface area contributed by atoms with Crippen LogP contribution in [0.15, 0.2) is 30.3 Å². The number of hydrogen-bond acceptors (Lipinski definition) is 6. The van der Waals surface area contributed by atoms with Crippen molar-refractivity contribution in [2.24, 2.45) is 0 Å². The van der Waals surface area contributed by atoms with E-state index >= 15 is 0 Å². The molecule has 7 nitrogen and oxygen atoms in total. The lowest BCUT2D eigenvalue weighted by atomic mass is 10.1. The molecule has 0 saturated heterocycles. The highest BCUT2D eigenvalue weighted by Crippen LogP contribution is 2.34. The summed E-state index contributed by atoms with van der Waals surface area (Å²) in [5, 5.41) is 2.95. The van der Waals surface area contributed by atoms with Crippen molar-refractivity contribution in [3.8, 4) is 5.75 Å². The molecule has 0 fully saturated rings. The number of carbonyl (C=O) groups excluding carboxylic acids is 3. The molecule has 0 unspecified atom stereocenters. The van der Waals surface area contributed by atoms with Crippen LogP contribution >= 0.6 is 11.3 Å². The molecule has 0 aliphatic carbocycles. The fourth-order valence-corrected chi connectivity index (χ4v) is 3.62. The average molecular weight is 402 g/mol. The quantitative estimate of drug-likeness (QED) is 0.592. The molecule has 1 N–H and O–H groups in total. The van der Waals surface area contributed by atoms with E-state index in [2.05, 4.69) is 5.32 Å². The van der Waals surface area contributed by atoms with Crippen molar-refractivity contribution in [3.05, 3.63) is 51.9 Å². The molecule has 0 bridgehead atoms. The Hall–Kier alpha value is -3.13. The molecule has 0 atom stereocenters. The van der Waals surface area contributed by atoms with Crippen LogP contribution in [0.1, 0.15) is 31.2 Å². The number of esters is 1. The van der Waals surface area contributed by atoms with Gasteiger partial charge in [-0.25, -0.2) is 4.79 Å². The van der Waals surface area contributed by atoms with Crippen molar-refractivity contribution in [3.63, 3.8) is 0 Å². The molecule has 2 aromatic rings. The summed E-state index contributed by atoms with van der Waals surface area (Å²) < 4.78 is 9.90. The van der Waals surface area contributed by atoms with Crippen LogP contribution in [0.4, 0.5) is 5.00 Å². The second-order valence-electron chi connectivity index (χ2n) is 6.05. The van der Waals surface area contributed by atoms with Gasteiger partial charge in [0.15, 0.2) is 0 Å². The SMILES string of the molecule is COC(=O)c1c(NC(=O)/C=C/c2ccc(OC)cc2)sc(C(=O)N(C)C)c1C. The predicted octanol–water partition coefficient (Wildman–Crippen LogP) is 3.21. The maximum atomic E-state index is 12.3. The summed E-state index contributed by atoms with van der Waals surface area (Å²) in [5.74, 6) is -0.564. The van der Waals surface area contributed by atoms with E-state index in [0.717, 1.165) is 22.6 Å². The van der Waals surface area contributed by atoms with Gasteiger partial charge in [-0.3, -0.25) is 9.59 Å². The minimum Gasteiger partial charge on any atom is -0.497 e. The second-order valence-corrected chi connectivity index (χ2v) is 7.07. The molecule has 1 heterocycles. The van der Waals surface area contributed by atoms with Crippen molar-refractivity contribution < 1.29 is 23.9 Å². The molecule has 148 valence electrons. The van der Waals surface area contributed by atoms with Gasteiger partial charge >= 0.3 is 5.97 Å². The molecule has 28 heavy (non-hydrogen) atoms. The average Bonchev–Trinajstić information content (AvgIpc) is 3.01. The highest BCUT2D eigenvalue weighted by atomic mass is 32.1. The number of hydrogen-bond donors (Lipinski definition) is 1. The van der Waals surface area contributed by atoms with Gasteiger partial charge in [-0.05, 0) is 36.3 Å². The van der Waals surface area contributed by atoms with E-state index in [1.165, 1.54) is 18.1 Å². The number of methoxy groups -OCH3 is 2. The van der Waals surface area contributed by atoms with Gasteiger partial charge in [-0.1, -0.05) is 12.1 Å². The smallest absolute Gasteiger partial charge is 0.341 e. The van der Waals surface area contributed by atoms with E-state index in [0.29, 0.717) is 10.4 Å². The molecule has 0 aliphatic heterocycles. The van der Waals surface area contributed by atoms with E-state index in [9.17, 15) is 14.4 Å². The van der Waals surface area contributed by atoms with Crippen molar-refractivity contribution in [1.82, 2.24) is 4.90 Å². The molecule has 1 aromatic carbocycles. The lowest BCUT2D eigenvalue weighted by Gasteiger charge is -2.08. The number of thiophene rings is 1. The number of ether oxygens (including phenoxy) is 2. The minimum absolute atomic E-state index is 0.184. The Kier molecular flexibility index (Phi) is 6.94. The van der Waals surface area contributed by atoms with E-state index in [-0.39, 0.29) is 16.5 Å². The first kappa shape index (κ1) is 21.2. The molecule has 0 aliphatic rings. The summed E-state index contributed by atoms with van der Waals surface area (Å²) in [7, 11) is 6.07. The van der Waals surface area contributed by atoms with E-state index in [1.807, 2.05) is 12.1 Å². The first-order chi connectivity index (χ1) is 13.3. The molecular weight excluding hydrogens is 380 g/mol. The number of amides is 2. The zero-order chi connectivity index (χ0) is 20.8. The van der Waals surface area contributed by atoms with Gasteiger partial charge in [0, 0.05) is 20.2 Å². The van der Waals surface area contributed by atoms with Gasteiger partial charge in [0.05, 0.1) is 24.7 Å². The first-order valence-electron chi connectivity index (χ1n) is 8.35. The summed E-state index contributed by atoms with van der Waals surface area (Å²) in [6.45, 7) is 1.66. The molecule has 0 saturated carbocycles. The van der Waals surface area contributed by atoms with Crippen molar-refractivity contribution >= 4 is 40.2 Å². The zero-order valence-corrected chi connectivity index (χ0v) is 17.2. The number of carbonyl (C=O) groups is 3. The molecule has 2 rings (SSSR count). The van der Waals surface area contributed by atoms with Gasteiger partial charge in [-0.2, -0.15) is 0 Å². The fourth-order valence-electron chi connectivity index (χ4n) is 2.40. The summed E-state index contributed by atoms with van der Waals surface area (Å²) >= 11 is 1.05. The lowest BCUT2D eigenvalue weighted by Crippen LogP contribution is -2.21. The van der Waals surface area contributed by atoms with Crippen molar-refractivity contribution in [2.45, 2.75) is 6.92 Å². The third kappa shape index (κ3) is 4.77. The highest BCUT2D eigenvalue weighted by Gasteiger charge is 2.26. The predicted molar refractivity (Wildman–Crippen MR) is 109 cm³/mol. The Bertz CT molecular complexity index is 913. The first-order valence-corrected chi connectivity index (χ1v) is 9.16. The molecule has 2 amide bonds. The van der Waals surface area contributed by atoms with E-state index < -0.39 is 11.9 Å². The molecule has 1 aromatic heterocycles. The topological polar surface area (TPSA) is 84.9 Å². The van der Waals surface area contributed by atoms with Crippen LogP contribution in [0.25, 0.3) is 6.08 Å². The highest BCUT2D eigenvalue weighted by molar-refractivity contribution is 7.18. The van der Waals surface area contributed by atoms with Crippen LogP contribution in [0.3, 0.4) is 0 Å². The maximum Gasteiger partial charge on any atom is 0.341 e. The Labute approximate surface area is 167 Å². The van der Waals surface area contributed by atoms with Gasteiger partial charge in [0.1, 0.15) is 10.8 Å². The monoisotopic (exact) mass is 402 g/mol. The molecule has 8 heteroatoms. The van der Waals surface area contributed by atoms with Gasteiger partial charge in [0.2, 0.25) is 5.91 Å². The Morgan fingerprint density at radius 3 is 2.29 bits per heavy atom. The molecule has 0 radical (unpaired) electrons. The summed E-state index contributed by atoms with van der Waals surface area (Å²) in [6.07, 6.45) is 2.99. The van der Waals surface area contributed by atoms with Gasteiger partial charge in [0.25, 0.3) is 5.91 Å². The molecule has 0 spiro atoms. The Morgan fingerprint density at radius 2 is 1.75 bits per heavy atom. The fraction of sp³-hybridized carbons (Fsp3) is 0.250. The van der Waals surface area contributed by atoms with Crippen LogP contribution < -0.4 is 10.1 Å². The second kappa shape index (κ2) is 9.18. The number of benzene rings is 1. The normalized spacial score (nSPS) is 10.6. The van der Waals surface area contributed by atoms with Gasteiger partial charge < -0.3 is 19.7 Å². The third-order valence-electron chi connectivity index (χ3n) is 3.92.